The van der Waals surface area contributed by atoms with Gasteiger partial charge in [0.1, 0.15) is 0 Å². The Morgan fingerprint density at radius 1 is 1.17 bits per heavy atom. The van der Waals surface area contributed by atoms with Crippen LogP contribution in [0, 0.1) is 0 Å². The van der Waals surface area contributed by atoms with Gasteiger partial charge in [0.05, 0.1) is 5.56 Å². The van der Waals surface area contributed by atoms with Crippen LogP contribution in [0.25, 0.3) is 0 Å². The second-order valence-electron chi connectivity index (χ2n) is 6.05. The molecule has 24 heavy (non-hydrogen) atoms. The van der Waals surface area contributed by atoms with Crippen molar-refractivity contribution in [3.8, 4) is 0 Å². The fourth-order valence-electron chi connectivity index (χ4n) is 3.25. The fraction of sp³-hybridized carbons (Fsp3) is 0.562. The molecule has 1 atom stereocenters. The Bertz CT molecular complexity index is 568. The molecule has 1 unspecified atom stereocenters. The normalized spacial score (nSPS) is 22.3. The van der Waals surface area contributed by atoms with E-state index in [-0.39, 0.29) is 23.9 Å². The first-order chi connectivity index (χ1) is 10.9. The number of carbonyl (C=O) groups is 1. The number of benzene rings is 1. The third kappa shape index (κ3) is 4.20. The Balaban J connectivity index is 0.00000208. The molecule has 1 aromatic carbocycles. The second kappa shape index (κ2) is 7.72. The lowest BCUT2D eigenvalue weighted by Crippen LogP contribution is -2.52. The molecule has 4 nitrogen and oxygen atoms in total. The van der Waals surface area contributed by atoms with Crippen molar-refractivity contribution in [2.24, 2.45) is 0 Å². The van der Waals surface area contributed by atoms with E-state index in [0.29, 0.717) is 19.1 Å². The van der Waals surface area contributed by atoms with Crippen molar-refractivity contribution in [3.05, 3.63) is 35.4 Å². The minimum absolute atomic E-state index is 0. The second-order valence-corrected chi connectivity index (χ2v) is 6.05. The van der Waals surface area contributed by atoms with Gasteiger partial charge in [0, 0.05) is 44.3 Å². The number of hydrogen-bond acceptors (Lipinski definition) is 3. The van der Waals surface area contributed by atoms with Gasteiger partial charge in [-0.3, -0.25) is 9.69 Å². The number of piperazine rings is 1. The highest BCUT2D eigenvalue weighted by molar-refractivity contribution is 5.94. The molecular formula is C16H21ClF3N3O. The Morgan fingerprint density at radius 3 is 2.46 bits per heavy atom. The predicted molar refractivity (Wildman–Crippen MR) is 87.4 cm³/mol. The van der Waals surface area contributed by atoms with Crippen LogP contribution in [-0.2, 0) is 6.18 Å². The van der Waals surface area contributed by atoms with E-state index >= 15 is 0 Å². The molecule has 134 valence electrons. The molecule has 2 aliphatic heterocycles. The van der Waals surface area contributed by atoms with E-state index in [1.165, 1.54) is 12.1 Å². The van der Waals surface area contributed by atoms with Gasteiger partial charge in [-0.1, -0.05) is 6.07 Å². The lowest BCUT2D eigenvalue weighted by atomic mass is 10.1. The van der Waals surface area contributed by atoms with Gasteiger partial charge >= 0.3 is 6.18 Å². The summed E-state index contributed by atoms with van der Waals surface area (Å²) in [5.41, 5.74) is -0.671. The maximum atomic E-state index is 12.8. The summed E-state index contributed by atoms with van der Waals surface area (Å²) < 4.78 is 38.3. The summed E-state index contributed by atoms with van der Waals surface area (Å²) in [5.74, 6) is -0.319. The molecule has 0 radical (unpaired) electrons. The number of halogens is 4. The average molecular weight is 364 g/mol. The SMILES string of the molecule is Cl.O=C(c1cccc(C(F)(F)F)c1)N1CCN(C2CCNC2)CC1. The number of nitrogens with zero attached hydrogens (tertiary/aromatic N) is 2. The molecule has 8 heteroatoms. The lowest BCUT2D eigenvalue weighted by molar-refractivity contribution is -0.137. The summed E-state index contributed by atoms with van der Waals surface area (Å²) in [6, 6.07) is 5.18. The Labute approximate surface area is 145 Å². The van der Waals surface area contributed by atoms with Gasteiger partial charge in [0.2, 0.25) is 0 Å². The summed E-state index contributed by atoms with van der Waals surface area (Å²) >= 11 is 0. The monoisotopic (exact) mass is 363 g/mol. The standard InChI is InChI=1S/C16H20F3N3O.ClH/c17-16(18,19)13-3-1-2-12(10-13)15(23)22-8-6-21(7-9-22)14-4-5-20-11-14;/h1-3,10,14,20H,4-9,11H2;1H. The molecular weight excluding hydrogens is 343 g/mol. The van der Waals surface area contributed by atoms with Crippen LogP contribution in [0.4, 0.5) is 13.2 Å². The maximum absolute atomic E-state index is 12.8. The Hall–Kier alpha value is -1.31. The van der Waals surface area contributed by atoms with Crippen LogP contribution in [0.5, 0.6) is 0 Å². The van der Waals surface area contributed by atoms with E-state index in [1.807, 2.05) is 0 Å². The maximum Gasteiger partial charge on any atom is 0.416 e. The molecule has 0 aromatic heterocycles. The fourth-order valence-corrected chi connectivity index (χ4v) is 3.25. The molecule has 2 fully saturated rings. The van der Waals surface area contributed by atoms with Gasteiger partial charge in [-0.2, -0.15) is 13.2 Å². The topological polar surface area (TPSA) is 35.6 Å². The summed E-state index contributed by atoms with van der Waals surface area (Å²) in [4.78, 5) is 16.4. The van der Waals surface area contributed by atoms with E-state index in [1.54, 1.807) is 4.90 Å². The van der Waals surface area contributed by atoms with E-state index in [9.17, 15) is 18.0 Å². The van der Waals surface area contributed by atoms with E-state index < -0.39 is 11.7 Å². The van der Waals surface area contributed by atoms with Crippen molar-refractivity contribution in [1.82, 2.24) is 15.1 Å². The van der Waals surface area contributed by atoms with Crippen molar-refractivity contribution in [1.29, 1.82) is 0 Å². The highest BCUT2D eigenvalue weighted by Crippen LogP contribution is 2.29. The van der Waals surface area contributed by atoms with Crippen LogP contribution in [0.15, 0.2) is 24.3 Å². The number of rotatable bonds is 2. The molecule has 0 bridgehead atoms. The van der Waals surface area contributed by atoms with Crippen molar-refractivity contribution >= 4 is 18.3 Å². The zero-order valence-corrected chi connectivity index (χ0v) is 14.0. The van der Waals surface area contributed by atoms with Gasteiger partial charge < -0.3 is 10.2 Å². The number of amides is 1. The van der Waals surface area contributed by atoms with E-state index in [2.05, 4.69) is 10.2 Å². The van der Waals surface area contributed by atoms with Crippen LogP contribution in [-0.4, -0.2) is 61.0 Å². The average Bonchev–Trinajstić information content (AvgIpc) is 3.08. The molecule has 1 N–H and O–H groups in total. The molecule has 2 heterocycles. The largest absolute Gasteiger partial charge is 0.416 e. The minimum atomic E-state index is -4.43. The molecule has 0 spiro atoms. The molecule has 1 amide bonds. The quantitative estimate of drug-likeness (QED) is 0.875. The Morgan fingerprint density at radius 2 is 1.88 bits per heavy atom. The summed E-state index contributed by atoms with van der Waals surface area (Å²) in [7, 11) is 0. The molecule has 1 aromatic rings. The molecule has 0 saturated carbocycles. The number of nitrogens with one attached hydrogen (secondary N) is 1. The summed E-state index contributed by atoms with van der Waals surface area (Å²) in [5, 5.41) is 3.32. The van der Waals surface area contributed by atoms with Crippen molar-refractivity contribution in [2.45, 2.75) is 18.6 Å². The smallest absolute Gasteiger partial charge is 0.336 e. The van der Waals surface area contributed by atoms with Gasteiger partial charge in [-0.05, 0) is 31.2 Å². The van der Waals surface area contributed by atoms with Crippen molar-refractivity contribution < 1.29 is 18.0 Å². The zero-order valence-electron chi connectivity index (χ0n) is 13.2. The lowest BCUT2D eigenvalue weighted by Gasteiger charge is -2.37. The van der Waals surface area contributed by atoms with Crippen LogP contribution in [0.3, 0.4) is 0 Å². The predicted octanol–water partition coefficient (Wildman–Crippen LogP) is 2.25. The highest BCUT2D eigenvalue weighted by Gasteiger charge is 2.32. The third-order valence-electron chi connectivity index (χ3n) is 4.59. The van der Waals surface area contributed by atoms with Crippen molar-refractivity contribution in [2.75, 3.05) is 39.3 Å². The zero-order chi connectivity index (χ0) is 16.4. The first-order valence-electron chi connectivity index (χ1n) is 7.86. The van der Waals surface area contributed by atoms with E-state index in [4.69, 9.17) is 0 Å². The van der Waals surface area contributed by atoms with Gasteiger partial charge in [-0.15, -0.1) is 12.4 Å². The van der Waals surface area contributed by atoms with Gasteiger partial charge in [0.15, 0.2) is 0 Å². The number of hydrogen-bond donors (Lipinski definition) is 1. The van der Waals surface area contributed by atoms with Crippen LogP contribution in [0.2, 0.25) is 0 Å². The third-order valence-corrected chi connectivity index (χ3v) is 4.59. The first-order valence-corrected chi connectivity index (χ1v) is 7.86. The van der Waals surface area contributed by atoms with Gasteiger partial charge in [0.25, 0.3) is 5.91 Å². The van der Waals surface area contributed by atoms with Crippen molar-refractivity contribution in [3.63, 3.8) is 0 Å². The molecule has 0 aliphatic carbocycles. The Kier molecular flexibility index (Phi) is 6.11. The number of alkyl halides is 3. The first kappa shape index (κ1) is 19.0. The van der Waals surface area contributed by atoms with Gasteiger partial charge in [-0.25, -0.2) is 0 Å². The number of carbonyl (C=O) groups excluding carboxylic acids is 1. The molecule has 3 rings (SSSR count). The molecule has 2 aliphatic rings. The summed E-state index contributed by atoms with van der Waals surface area (Å²) in [6.07, 6.45) is -3.31. The highest BCUT2D eigenvalue weighted by atomic mass is 35.5. The molecule has 2 saturated heterocycles. The minimum Gasteiger partial charge on any atom is -0.336 e. The van der Waals surface area contributed by atoms with E-state index in [0.717, 1.165) is 44.7 Å². The van der Waals surface area contributed by atoms with Crippen LogP contribution in [0.1, 0.15) is 22.3 Å². The van der Waals surface area contributed by atoms with Crippen LogP contribution < -0.4 is 5.32 Å². The summed E-state index contributed by atoms with van der Waals surface area (Å²) in [6.45, 7) is 4.67. The van der Waals surface area contributed by atoms with Crippen LogP contribution >= 0.6 is 12.4 Å².